The van der Waals surface area contributed by atoms with Crippen LogP contribution in [0.25, 0.3) is 10.8 Å². The predicted octanol–water partition coefficient (Wildman–Crippen LogP) is 3.33. The van der Waals surface area contributed by atoms with E-state index in [2.05, 4.69) is 10.6 Å². The first-order valence-corrected chi connectivity index (χ1v) is 13.8. The molecule has 8 heteroatoms. The monoisotopic (exact) mass is 521 g/mol. The number of carbonyl (C=O) groups excluding carboxylic acids is 3. The van der Waals surface area contributed by atoms with Gasteiger partial charge in [0.15, 0.2) is 0 Å². The Balaban J connectivity index is 1.57. The summed E-state index contributed by atoms with van der Waals surface area (Å²) in [5, 5.41) is 18.4. The lowest BCUT2D eigenvalue weighted by atomic mass is 9.62. The third kappa shape index (κ3) is 3.83. The van der Waals surface area contributed by atoms with Gasteiger partial charge in [-0.1, -0.05) is 58.0 Å². The highest BCUT2D eigenvalue weighted by Crippen LogP contribution is 2.65. The van der Waals surface area contributed by atoms with E-state index in [1.54, 1.807) is 0 Å². The highest BCUT2D eigenvalue weighted by Gasteiger charge is 2.80. The van der Waals surface area contributed by atoms with Gasteiger partial charge in [0.1, 0.15) is 11.6 Å². The molecule has 0 radical (unpaired) electrons. The van der Waals surface area contributed by atoms with E-state index in [0.29, 0.717) is 18.7 Å². The fourth-order valence-corrected chi connectivity index (χ4v) is 7.19. The second-order valence-corrected chi connectivity index (χ2v) is 11.8. The Labute approximate surface area is 224 Å². The molecule has 5 rings (SSSR count). The number of likely N-dealkylation sites (tertiary alicyclic amines) is 1. The van der Waals surface area contributed by atoms with Crippen LogP contribution in [-0.2, 0) is 19.1 Å². The van der Waals surface area contributed by atoms with Gasteiger partial charge in [-0.25, -0.2) is 0 Å². The summed E-state index contributed by atoms with van der Waals surface area (Å²) < 4.78 is 6.75. The van der Waals surface area contributed by atoms with Crippen LogP contribution in [0.3, 0.4) is 0 Å². The van der Waals surface area contributed by atoms with Crippen molar-refractivity contribution in [2.75, 3.05) is 18.5 Å². The predicted molar refractivity (Wildman–Crippen MR) is 145 cm³/mol. The van der Waals surface area contributed by atoms with Crippen molar-refractivity contribution in [1.82, 2.24) is 10.2 Å². The standard InChI is InChI=1S/C30H39N3O5/c1-6-13-31-26(35)23-24-28(37)33(22(16-34)17(2)3)25(30(24)15-18(4)29(23,5)38-30)27(36)32-21-12-11-19-9-7-8-10-20(19)14-21/h7-12,14,17-18,22-25,34H,6,13,15-16H2,1-5H3,(H,31,35)(H,32,36)/t18?,22-,23+,24-,25?,29-,30?/m0/s1. The zero-order valence-corrected chi connectivity index (χ0v) is 22.9. The van der Waals surface area contributed by atoms with Crippen molar-refractivity contribution in [3.63, 3.8) is 0 Å². The van der Waals surface area contributed by atoms with E-state index < -0.39 is 35.1 Å². The molecular weight excluding hydrogens is 482 g/mol. The summed E-state index contributed by atoms with van der Waals surface area (Å²) in [6.07, 6.45) is 1.26. The Morgan fingerprint density at radius 2 is 1.87 bits per heavy atom. The van der Waals surface area contributed by atoms with Crippen molar-refractivity contribution < 1.29 is 24.2 Å². The van der Waals surface area contributed by atoms with E-state index in [1.807, 2.05) is 77.1 Å². The van der Waals surface area contributed by atoms with Gasteiger partial charge in [-0.15, -0.1) is 0 Å². The molecule has 3 aliphatic rings. The fraction of sp³-hybridized carbons (Fsp3) is 0.567. The Bertz CT molecular complexity index is 1260. The molecule has 2 aromatic rings. The minimum atomic E-state index is -1.15. The summed E-state index contributed by atoms with van der Waals surface area (Å²) in [5.74, 6) is -2.50. The molecule has 3 aliphatic heterocycles. The van der Waals surface area contributed by atoms with Crippen molar-refractivity contribution >= 4 is 34.2 Å². The Morgan fingerprint density at radius 3 is 2.53 bits per heavy atom. The van der Waals surface area contributed by atoms with E-state index in [0.717, 1.165) is 17.2 Å². The van der Waals surface area contributed by atoms with Gasteiger partial charge in [0.05, 0.1) is 30.1 Å². The van der Waals surface area contributed by atoms with Crippen molar-refractivity contribution in [1.29, 1.82) is 0 Å². The third-order valence-electron chi connectivity index (χ3n) is 9.16. The molecule has 3 unspecified atom stereocenters. The highest BCUT2D eigenvalue weighted by atomic mass is 16.5. The quantitative estimate of drug-likeness (QED) is 0.494. The SMILES string of the molecule is CCCNC(=O)[C@H]1[C@H]2C(=O)N([C@@H](CO)C(C)C)C(C(=O)Nc3ccc4ccccc4c3)C23CC(C)[C@]1(C)O3. The molecule has 2 bridgehead atoms. The summed E-state index contributed by atoms with van der Waals surface area (Å²) in [4.78, 5) is 43.4. The van der Waals surface area contributed by atoms with Gasteiger partial charge in [0, 0.05) is 12.2 Å². The average Bonchev–Trinajstić information content (AvgIpc) is 3.39. The van der Waals surface area contributed by atoms with Gasteiger partial charge < -0.3 is 25.4 Å². The first-order valence-electron chi connectivity index (χ1n) is 13.8. The van der Waals surface area contributed by atoms with Crippen LogP contribution in [0.2, 0.25) is 0 Å². The summed E-state index contributed by atoms with van der Waals surface area (Å²) in [7, 11) is 0. The molecule has 2 aromatic carbocycles. The maximum absolute atomic E-state index is 14.2. The van der Waals surface area contributed by atoms with Crippen LogP contribution in [0, 0.1) is 23.7 Å². The van der Waals surface area contributed by atoms with Crippen LogP contribution in [0.5, 0.6) is 0 Å². The lowest BCUT2D eigenvalue weighted by Gasteiger charge is -2.38. The van der Waals surface area contributed by atoms with Crippen LogP contribution in [0.1, 0.15) is 47.5 Å². The topological polar surface area (TPSA) is 108 Å². The number of amides is 3. The molecule has 1 spiro atoms. The summed E-state index contributed by atoms with van der Waals surface area (Å²) in [5.41, 5.74) is -1.39. The number of anilines is 1. The Morgan fingerprint density at radius 1 is 1.16 bits per heavy atom. The van der Waals surface area contributed by atoms with Crippen LogP contribution in [-0.4, -0.2) is 64.2 Å². The lowest BCUT2D eigenvalue weighted by molar-refractivity contribution is -0.150. The smallest absolute Gasteiger partial charge is 0.250 e. The first kappa shape index (κ1) is 26.6. The molecular formula is C30H39N3O5. The number of carbonyl (C=O) groups is 3. The molecule has 7 atom stereocenters. The van der Waals surface area contributed by atoms with E-state index in [1.165, 1.54) is 4.90 Å². The average molecular weight is 522 g/mol. The largest absolute Gasteiger partial charge is 0.394 e. The van der Waals surface area contributed by atoms with Crippen LogP contribution >= 0.6 is 0 Å². The number of benzene rings is 2. The number of ether oxygens (including phenoxy) is 1. The second kappa shape index (κ2) is 9.65. The van der Waals surface area contributed by atoms with Crippen molar-refractivity contribution in [2.24, 2.45) is 23.7 Å². The minimum absolute atomic E-state index is 0.0357. The number of fused-ring (bicyclic) bond motifs is 2. The minimum Gasteiger partial charge on any atom is -0.394 e. The molecule has 0 saturated carbocycles. The maximum Gasteiger partial charge on any atom is 0.250 e. The van der Waals surface area contributed by atoms with Gasteiger partial charge >= 0.3 is 0 Å². The van der Waals surface area contributed by atoms with E-state index in [-0.39, 0.29) is 36.2 Å². The molecule has 3 saturated heterocycles. The number of hydrogen-bond acceptors (Lipinski definition) is 5. The maximum atomic E-state index is 14.2. The zero-order valence-electron chi connectivity index (χ0n) is 22.9. The molecule has 3 fully saturated rings. The van der Waals surface area contributed by atoms with Crippen LogP contribution in [0.15, 0.2) is 42.5 Å². The Kier molecular flexibility index (Phi) is 6.76. The number of nitrogens with zero attached hydrogens (tertiary/aromatic N) is 1. The number of nitrogens with one attached hydrogen (secondary N) is 2. The summed E-state index contributed by atoms with van der Waals surface area (Å²) in [6.45, 7) is 9.98. The molecule has 0 aromatic heterocycles. The molecule has 3 heterocycles. The van der Waals surface area contributed by atoms with Crippen molar-refractivity contribution in [2.45, 2.75) is 70.7 Å². The summed E-state index contributed by atoms with van der Waals surface area (Å²) >= 11 is 0. The van der Waals surface area contributed by atoms with Gasteiger partial charge in [-0.05, 0) is 54.5 Å². The van der Waals surface area contributed by atoms with Crippen LogP contribution < -0.4 is 10.6 Å². The molecule has 204 valence electrons. The second-order valence-electron chi connectivity index (χ2n) is 11.8. The normalized spacial score (nSPS) is 32.6. The third-order valence-corrected chi connectivity index (χ3v) is 9.16. The van der Waals surface area contributed by atoms with Gasteiger partial charge in [-0.3, -0.25) is 14.4 Å². The lowest BCUT2D eigenvalue weighted by Crippen LogP contribution is -2.57. The molecule has 8 nitrogen and oxygen atoms in total. The van der Waals surface area contributed by atoms with Crippen molar-refractivity contribution in [3.05, 3.63) is 42.5 Å². The molecule has 0 aliphatic carbocycles. The van der Waals surface area contributed by atoms with Crippen molar-refractivity contribution in [3.8, 4) is 0 Å². The first-order chi connectivity index (χ1) is 18.1. The Hall–Kier alpha value is -2.97. The number of aliphatic hydroxyl groups excluding tert-OH is 1. The zero-order chi connectivity index (χ0) is 27.4. The van der Waals surface area contributed by atoms with Gasteiger partial charge in [-0.2, -0.15) is 0 Å². The molecule has 38 heavy (non-hydrogen) atoms. The van der Waals surface area contributed by atoms with E-state index >= 15 is 0 Å². The van der Waals surface area contributed by atoms with Gasteiger partial charge in [0.2, 0.25) is 17.7 Å². The van der Waals surface area contributed by atoms with Gasteiger partial charge in [0.25, 0.3) is 0 Å². The highest BCUT2D eigenvalue weighted by molar-refractivity contribution is 6.04. The number of aliphatic hydroxyl groups is 1. The molecule has 3 amide bonds. The van der Waals surface area contributed by atoms with E-state index in [4.69, 9.17) is 4.74 Å². The van der Waals surface area contributed by atoms with Crippen LogP contribution in [0.4, 0.5) is 5.69 Å². The number of hydrogen-bond donors (Lipinski definition) is 3. The summed E-state index contributed by atoms with van der Waals surface area (Å²) in [6, 6.07) is 12.0. The molecule has 3 N–H and O–H groups in total. The van der Waals surface area contributed by atoms with E-state index in [9.17, 15) is 19.5 Å². The fourth-order valence-electron chi connectivity index (χ4n) is 7.19. The number of rotatable bonds is 8.